The summed E-state index contributed by atoms with van der Waals surface area (Å²) in [6.45, 7) is 2.68. The lowest BCUT2D eigenvalue weighted by atomic mass is 10.1. The summed E-state index contributed by atoms with van der Waals surface area (Å²) in [6.07, 6.45) is 4.57. The first kappa shape index (κ1) is 21.6. The SMILES string of the molecule is O=C(NCCc1ccc2c(c1)OCCO2)c1ccc(S(=O)(=O)N2CCCCCC2)cc1. The lowest BCUT2D eigenvalue weighted by molar-refractivity contribution is 0.0954. The Kier molecular flexibility index (Phi) is 6.77. The number of nitrogens with zero attached hydrogens (tertiary/aromatic N) is 1. The van der Waals surface area contributed by atoms with Gasteiger partial charge in [0.05, 0.1) is 4.90 Å². The third kappa shape index (κ3) is 5.19. The van der Waals surface area contributed by atoms with E-state index < -0.39 is 10.0 Å². The number of amides is 1. The van der Waals surface area contributed by atoms with Crippen LogP contribution in [0.1, 0.15) is 41.6 Å². The third-order valence-electron chi connectivity index (χ3n) is 5.63. The van der Waals surface area contributed by atoms with Gasteiger partial charge in [-0.15, -0.1) is 0 Å². The van der Waals surface area contributed by atoms with Gasteiger partial charge in [0.1, 0.15) is 13.2 Å². The molecule has 4 rings (SSSR count). The molecule has 31 heavy (non-hydrogen) atoms. The van der Waals surface area contributed by atoms with Crippen LogP contribution in [0.5, 0.6) is 11.5 Å². The van der Waals surface area contributed by atoms with Crippen molar-refractivity contribution in [1.29, 1.82) is 0 Å². The van der Waals surface area contributed by atoms with E-state index >= 15 is 0 Å². The number of hydrogen-bond donors (Lipinski definition) is 1. The molecular formula is C23H28N2O5S. The molecule has 0 radical (unpaired) electrons. The zero-order valence-electron chi connectivity index (χ0n) is 17.5. The smallest absolute Gasteiger partial charge is 0.251 e. The molecule has 2 aromatic rings. The largest absolute Gasteiger partial charge is 0.486 e. The van der Waals surface area contributed by atoms with E-state index in [1.54, 1.807) is 16.4 Å². The maximum Gasteiger partial charge on any atom is 0.251 e. The summed E-state index contributed by atoms with van der Waals surface area (Å²) in [4.78, 5) is 12.7. The average molecular weight is 445 g/mol. The molecule has 8 heteroatoms. The third-order valence-corrected chi connectivity index (χ3v) is 7.54. The van der Waals surface area contributed by atoms with Gasteiger partial charge < -0.3 is 14.8 Å². The summed E-state index contributed by atoms with van der Waals surface area (Å²) in [5.74, 6) is 1.25. The van der Waals surface area contributed by atoms with Crippen LogP contribution in [0.3, 0.4) is 0 Å². The van der Waals surface area contributed by atoms with Crippen LogP contribution in [-0.2, 0) is 16.4 Å². The maximum absolute atomic E-state index is 12.9. The lowest BCUT2D eigenvalue weighted by Crippen LogP contribution is -2.32. The molecule has 2 aliphatic rings. The van der Waals surface area contributed by atoms with Crippen LogP contribution < -0.4 is 14.8 Å². The maximum atomic E-state index is 12.9. The van der Waals surface area contributed by atoms with E-state index in [2.05, 4.69) is 5.32 Å². The van der Waals surface area contributed by atoms with Gasteiger partial charge in [0.25, 0.3) is 5.91 Å². The molecule has 2 aromatic carbocycles. The molecule has 0 unspecified atom stereocenters. The number of rotatable bonds is 6. The zero-order valence-corrected chi connectivity index (χ0v) is 18.3. The Morgan fingerprint density at radius 2 is 1.58 bits per heavy atom. The summed E-state index contributed by atoms with van der Waals surface area (Å²) in [5, 5.41) is 2.89. The molecule has 0 aromatic heterocycles. The summed E-state index contributed by atoms with van der Waals surface area (Å²) in [7, 11) is -3.51. The Balaban J connectivity index is 1.33. The summed E-state index contributed by atoms with van der Waals surface area (Å²) in [6, 6.07) is 12.0. The fourth-order valence-corrected chi connectivity index (χ4v) is 5.39. The Bertz CT molecular complexity index is 1010. The fraction of sp³-hybridized carbons (Fsp3) is 0.435. The number of sulfonamides is 1. The minimum atomic E-state index is -3.51. The van der Waals surface area contributed by atoms with E-state index in [0.717, 1.165) is 42.7 Å². The standard InChI is InChI=1S/C23H28N2O5S/c26-23(24-12-11-18-5-10-21-22(17-18)30-16-15-29-21)19-6-8-20(9-7-19)31(27,28)25-13-3-1-2-4-14-25/h5-10,17H,1-4,11-16H2,(H,24,26). The van der Waals surface area contributed by atoms with E-state index in [1.807, 2.05) is 18.2 Å². The summed E-state index contributed by atoms with van der Waals surface area (Å²) >= 11 is 0. The van der Waals surface area contributed by atoms with Crippen LogP contribution >= 0.6 is 0 Å². The quantitative estimate of drug-likeness (QED) is 0.740. The van der Waals surface area contributed by atoms with E-state index in [4.69, 9.17) is 9.47 Å². The predicted octanol–water partition coefficient (Wildman–Crippen LogP) is 3.00. The van der Waals surface area contributed by atoms with Gasteiger partial charge in [-0.05, 0) is 61.2 Å². The molecule has 0 atom stereocenters. The first-order chi connectivity index (χ1) is 15.0. The highest BCUT2D eigenvalue weighted by atomic mass is 32.2. The van der Waals surface area contributed by atoms with Gasteiger partial charge in [-0.2, -0.15) is 4.31 Å². The van der Waals surface area contributed by atoms with Crippen molar-refractivity contribution in [3.05, 3.63) is 53.6 Å². The highest BCUT2D eigenvalue weighted by molar-refractivity contribution is 7.89. The Hall–Kier alpha value is -2.58. The first-order valence-electron chi connectivity index (χ1n) is 10.8. The van der Waals surface area contributed by atoms with Gasteiger partial charge in [0, 0.05) is 25.2 Å². The number of carbonyl (C=O) groups excluding carboxylic acids is 1. The van der Waals surface area contributed by atoms with E-state index in [0.29, 0.717) is 44.8 Å². The minimum Gasteiger partial charge on any atom is -0.486 e. The van der Waals surface area contributed by atoms with Crippen molar-refractivity contribution < 1.29 is 22.7 Å². The second kappa shape index (κ2) is 9.70. The van der Waals surface area contributed by atoms with Crippen LogP contribution in [0.15, 0.2) is 47.4 Å². The molecule has 2 heterocycles. The average Bonchev–Trinajstić information content (AvgIpc) is 3.09. The summed E-state index contributed by atoms with van der Waals surface area (Å²) < 4.78 is 38.4. The van der Waals surface area contributed by atoms with Gasteiger partial charge >= 0.3 is 0 Å². The normalized spacial score (nSPS) is 17.0. The van der Waals surface area contributed by atoms with E-state index in [9.17, 15) is 13.2 Å². The predicted molar refractivity (Wildman–Crippen MR) is 117 cm³/mol. The number of carbonyl (C=O) groups is 1. The number of ether oxygens (including phenoxy) is 2. The lowest BCUT2D eigenvalue weighted by Gasteiger charge is -2.20. The fourth-order valence-electron chi connectivity index (χ4n) is 3.88. The van der Waals surface area contributed by atoms with Crippen molar-refractivity contribution in [3.8, 4) is 11.5 Å². The highest BCUT2D eigenvalue weighted by Crippen LogP contribution is 2.30. The van der Waals surface area contributed by atoms with Gasteiger partial charge in [-0.1, -0.05) is 18.9 Å². The van der Waals surface area contributed by atoms with Crippen LogP contribution in [0.4, 0.5) is 0 Å². The molecule has 0 saturated carbocycles. The van der Waals surface area contributed by atoms with Crippen LogP contribution in [0.25, 0.3) is 0 Å². The monoisotopic (exact) mass is 444 g/mol. The molecule has 1 fully saturated rings. The molecule has 1 saturated heterocycles. The molecule has 7 nitrogen and oxygen atoms in total. The molecule has 166 valence electrons. The highest BCUT2D eigenvalue weighted by Gasteiger charge is 2.25. The van der Waals surface area contributed by atoms with E-state index in [1.165, 1.54) is 12.1 Å². The molecule has 0 spiro atoms. The van der Waals surface area contributed by atoms with Gasteiger partial charge in [-0.25, -0.2) is 8.42 Å². The van der Waals surface area contributed by atoms with Gasteiger partial charge in [-0.3, -0.25) is 4.79 Å². The number of hydrogen-bond acceptors (Lipinski definition) is 5. The van der Waals surface area contributed by atoms with Gasteiger partial charge in [0.2, 0.25) is 10.0 Å². The molecule has 1 N–H and O–H groups in total. The van der Waals surface area contributed by atoms with Crippen LogP contribution in [0.2, 0.25) is 0 Å². The van der Waals surface area contributed by atoms with Crippen molar-refractivity contribution in [3.63, 3.8) is 0 Å². The van der Waals surface area contributed by atoms with Crippen molar-refractivity contribution in [1.82, 2.24) is 9.62 Å². The van der Waals surface area contributed by atoms with E-state index in [-0.39, 0.29) is 10.8 Å². The molecule has 2 aliphatic heterocycles. The van der Waals surface area contributed by atoms with Crippen LogP contribution in [0, 0.1) is 0 Å². The second-order valence-electron chi connectivity index (χ2n) is 7.83. The zero-order chi connectivity index (χ0) is 21.7. The number of fused-ring (bicyclic) bond motifs is 1. The Labute approximate surface area is 183 Å². The topological polar surface area (TPSA) is 84.9 Å². The molecular weight excluding hydrogens is 416 g/mol. The van der Waals surface area contributed by atoms with Crippen LogP contribution in [-0.4, -0.2) is 51.5 Å². The van der Waals surface area contributed by atoms with Crippen molar-refractivity contribution in [2.24, 2.45) is 0 Å². The number of benzene rings is 2. The van der Waals surface area contributed by atoms with Crippen molar-refractivity contribution in [2.45, 2.75) is 37.0 Å². The Morgan fingerprint density at radius 1 is 0.903 bits per heavy atom. The second-order valence-corrected chi connectivity index (χ2v) is 9.76. The first-order valence-corrected chi connectivity index (χ1v) is 12.2. The Morgan fingerprint density at radius 3 is 2.29 bits per heavy atom. The van der Waals surface area contributed by atoms with Crippen molar-refractivity contribution in [2.75, 3.05) is 32.8 Å². The molecule has 0 aliphatic carbocycles. The van der Waals surface area contributed by atoms with Crippen molar-refractivity contribution >= 4 is 15.9 Å². The minimum absolute atomic E-state index is 0.226. The molecule has 1 amide bonds. The summed E-state index contributed by atoms with van der Waals surface area (Å²) in [5.41, 5.74) is 1.49. The number of nitrogens with one attached hydrogen (secondary N) is 1. The molecule has 0 bridgehead atoms. The van der Waals surface area contributed by atoms with Gasteiger partial charge in [0.15, 0.2) is 11.5 Å².